The van der Waals surface area contributed by atoms with Crippen molar-refractivity contribution < 1.29 is 0 Å². The number of nitrogens with zero attached hydrogens (tertiary/aromatic N) is 4. The highest BCUT2D eigenvalue weighted by atomic mass is 35.5. The molecule has 0 saturated carbocycles. The van der Waals surface area contributed by atoms with Crippen LogP contribution in [0.15, 0.2) is 47.1 Å². The number of hydrogen-bond acceptors (Lipinski definition) is 5. The number of para-hydroxylation sites is 1. The number of anilines is 1. The Balaban J connectivity index is 2.29. The number of benzene rings is 1. The topological polar surface area (TPSA) is 101 Å². The summed E-state index contributed by atoms with van der Waals surface area (Å²) in [6, 6.07) is 13.6. The summed E-state index contributed by atoms with van der Waals surface area (Å²) in [6.07, 6.45) is 3.00. The SMILES string of the molecule is CCCN1CC=C2C(C#N)=C(C#N)C(Cl)(C#N)C(c3ccccc3N)C2C1. The molecule has 0 saturated heterocycles. The molecule has 3 atom stereocenters. The summed E-state index contributed by atoms with van der Waals surface area (Å²) in [5, 5.41) is 29.5. The van der Waals surface area contributed by atoms with E-state index in [1.165, 1.54) is 0 Å². The van der Waals surface area contributed by atoms with Gasteiger partial charge in [0, 0.05) is 30.6 Å². The van der Waals surface area contributed by atoms with E-state index in [9.17, 15) is 15.8 Å². The maximum atomic E-state index is 10.00. The second kappa shape index (κ2) is 7.45. The molecule has 3 rings (SSSR count). The Morgan fingerprint density at radius 2 is 2.00 bits per heavy atom. The molecule has 1 aromatic rings. The van der Waals surface area contributed by atoms with Crippen molar-refractivity contribution in [3.63, 3.8) is 0 Å². The van der Waals surface area contributed by atoms with E-state index in [0.717, 1.165) is 24.1 Å². The van der Waals surface area contributed by atoms with Crippen LogP contribution in [0, 0.1) is 39.9 Å². The fourth-order valence-electron chi connectivity index (χ4n) is 4.27. The lowest BCUT2D eigenvalue weighted by Crippen LogP contribution is -2.48. The van der Waals surface area contributed by atoms with E-state index in [-0.39, 0.29) is 17.1 Å². The van der Waals surface area contributed by atoms with E-state index >= 15 is 0 Å². The van der Waals surface area contributed by atoms with E-state index in [1.54, 1.807) is 6.07 Å². The van der Waals surface area contributed by atoms with Crippen molar-refractivity contribution in [1.82, 2.24) is 4.90 Å². The van der Waals surface area contributed by atoms with Gasteiger partial charge in [0.25, 0.3) is 0 Å². The summed E-state index contributed by atoms with van der Waals surface area (Å²) in [4.78, 5) is 0.647. The van der Waals surface area contributed by atoms with Crippen LogP contribution < -0.4 is 5.73 Å². The van der Waals surface area contributed by atoms with Gasteiger partial charge in [0.1, 0.15) is 6.07 Å². The van der Waals surface area contributed by atoms with Crippen molar-refractivity contribution in [3.05, 3.63) is 52.6 Å². The molecule has 0 fully saturated rings. The third kappa shape index (κ3) is 2.98. The molecule has 2 aliphatic rings. The Hall–Kier alpha value is -2.78. The number of fused-ring (bicyclic) bond motifs is 1. The zero-order valence-electron chi connectivity index (χ0n) is 15.1. The number of allylic oxidation sites excluding steroid dienone is 2. The van der Waals surface area contributed by atoms with E-state index < -0.39 is 10.8 Å². The molecule has 1 aromatic carbocycles. The van der Waals surface area contributed by atoms with Crippen LogP contribution >= 0.6 is 11.6 Å². The molecule has 1 aliphatic heterocycles. The number of halogens is 1. The van der Waals surface area contributed by atoms with E-state index in [1.807, 2.05) is 30.3 Å². The monoisotopic (exact) mass is 377 g/mol. The lowest BCUT2D eigenvalue weighted by Gasteiger charge is -2.45. The summed E-state index contributed by atoms with van der Waals surface area (Å²) in [6.45, 7) is 4.40. The van der Waals surface area contributed by atoms with Crippen molar-refractivity contribution >= 4 is 17.3 Å². The predicted octanol–water partition coefficient (Wildman–Crippen LogP) is 3.48. The van der Waals surface area contributed by atoms with Gasteiger partial charge in [-0.1, -0.05) is 42.8 Å². The normalized spacial score (nSPS) is 27.7. The van der Waals surface area contributed by atoms with Gasteiger partial charge in [-0.05, 0) is 30.2 Å². The van der Waals surface area contributed by atoms with Crippen molar-refractivity contribution in [2.45, 2.75) is 24.1 Å². The second-order valence-corrected chi connectivity index (χ2v) is 7.53. The number of nitrogen functional groups attached to an aromatic ring is 1. The van der Waals surface area contributed by atoms with Crippen LogP contribution in [-0.2, 0) is 0 Å². The molecule has 0 radical (unpaired) electrons. The first-order chi connectivity index (χ1) is 13.0. The quantitative estimate of drug-likeness (QED) is 0.641. The van der Waals surface area contributed by atoms with Crippen molar-refractivity contribution in [3.8, 4) is 18.2 Å². The van der Waals surface area contributed by atoms with Gasteiger partial charge < -0.3 is 5.73 Å². The smallest absolute Gasteiger partial charge is 0.174 e. The molecular formula is C21H20ClN5. The van der Waals surface area contributed by atoms with Gasteiger partial charge in [0.15, 0.2) is 4.87 Å². The lowest BCUT2D eigenvalue weighted by molar-refractivity contribution is 0.226. The first-order valence-corrected chi connectivity index (χ1v) is 9.31. The van der Waals surface area contributed by atoms with Crippen molar-refractivity contribution in [2.24, 2.45) is 5.92 Å². The van der Waals surface area contributed by atoms with Gasteiger partial charge in [-0.15, -0.1) is 0 Å². The molecule has 27 heavy (non-hydrogen) atoms. The predicted molar refractivity (Wildman–Crippen MR) is 104 cm³/mol. The summed E-state index contributed by atoms with van der Waals surface area (Å²) >= 11 is 6.82. The highest BCUT2D eigenvalue weighted by Gasteiger charge is 2.54. The van der Waals surface area contributed by atoms with E-state index in [0.29, 0.717) is 18.8 Å². The molecule has 0 bridgehead atoms. The summed E-state index contributed by atoms with van der Waals surface area (Å²) in [7, 11) is 0. The maximum Gasteiger partial charge on any atom is 0.174 e. The van der Waals surface area contributed by atoms with Crippen LogP contribution in [0.4, 0.5) is 5.69 Å². The Morgan fingerprint density at radius 1 is 1.26 bits per heavy atom. The number of rotatable bonds is 3. The number of nitriles is 3. The molecular weight excluding hydrogens is 358 g/mol. The highest BCUT2D eigenvalue weighted by Crippen LogP contribution is 2.54. The Bertz CT molecular complexity index is 943. The fourth-order valence-corrected chi connectivity index (χ4v) is 4.67. The summed E-state index contributed by atoms with van der Waals surface area (Å²) < 4.78 is 0. The van der Waals surface area contributed by atoms with Gasteiger partial charge in [-0.2, -0.15) is 15.8 Å². The van der Waals surface area contributed by atoms with Crippen molar-refractivity contribution in [2.75, 3.05) is 25.4 Å². The average molecular weight is 378 g/mol. The largest absolute Gasteiger partial charge is 0.398 e. The molecule has 136 valence electrons. The Kier molecular flexibility index (Phi) is 5.24. The van der Waals surface area contributed by atoms with E-state index in [4.69, 9.17) is 17.3 Å². The molecule has 0 spiro atoms. The zero-order chi connectivity index (χ0) is 19.6. The molecule has 0 amide bonds. The third-order valence-electron chi connectivity index (χ3n) is 5.41. The van der Waals surface area contributed by atoms with Gasteiger partial charge in [-0.3, -0.25) is 4.90 Å². The number of alkyl halides is 1. The first kappa shape index (κ1) is 19.0. The van der Waals surface area contributed by atoms with Crippen LogP contribution in [0.25, 0.3) is 0 Å². The molecule has 0 aromatic heterocycles. The molecule has 6 heteroatoms. The number of hydrogen-bond donors (Lipinski definition) is 1. The summed E-state index contributed by atoms with van der Waals surface area (Å²) in [5.74, 6) is -0.693. The highest BCUT2D eigenvalue weighted by molar-refractivity contribution is 6.29. The Morgan fingerprint density at radius 3 is 2.59 bits per heavy atom. The van der Waals surface area contributed by atoms with Gasteiger partial charge in [0.05, 0.1) is 23.3 Å². The second-order valence-electron chi connectivity index (χ2n) is 6.93. The number of nitrogens with two attached hydrogens (primary N) is 1. The Labute approximate surface area is 164 Å². The minimum Gasteiger partial charge on any atom is -0.398 e. The first-order valence-electron chi connectivity index (χ1n) is 8.94. The third-order valence-corrected chi connectivity index (χ3v) is 5.92. The van der Waals surface area contributed by atoms with Crippen LogP contribution in [-0.4, -0.2) is 29.4 Å². The molecule has 5 nitrogen and oxygen atoms in total. The van der Waals surface area contributed by atoms with Gasteiger partial charge in [-0.25, -0.2) is 0 Å². The molecule has 1 heterocycles. The van der Waals surface area contributed by atoms with E-state index in [2.05, 4.69) is 24.0 Å². The van der Waals surface area contributed by atoms with Crippen LogP contribution in [0.2, 0.25) is 0 Å². The molecule has 3 unspecified atom stereocenters. The van der Waals surface area contributed by atoms with Crippen molar-refractivity contribution in [1.29, 1.82) is 15.8 Å². The summed E-state index contributed by atoms with van der Waals surface area (Å²) in [5.41, 5.74) is 8.58. The average Bonchev–Trinajstić information content (AvgIpc) is 2.68. The maximum absolute atomic E-state index is 10.00. The van der Waals surface area contributed by atoms with Crippen LogP contribution in [0.1, 0.15) is 24.8 Å². The minimum atomic E-state index is -1.63. The standard InChI is InChI=1S/C21H20ClN5/c1-2-8-27-9-7-14-16(10-23)18(11-24)21(22,13-25)20(17(14)12-27)15-5-3-4-6-19(15)26/h3-7,17,20H,2,8-9,12,26H2,1H3. The fraction of sp³-hybridized carbons (Fsp3) is 0.381. The van der Waals surface area contributed by atoms with Gasteiger partial charge >= 0.3 is 0 Å². The zero-order valence-corrected chi connectivity index (χ0v) is 15.9. The lowest BCUT2D eigenvalue weighted by atomic mass is 9.63. The van der Waals surface area contributed by atoms with Crippen LogP contribution in [0.3, 0.4) is 0 Å². The molecule has 1 aliphatic carbocycles. The minimum absolute atomic E-state index is 0.0221. The van der Waals surface area contributed by atoms with Crippen LogP contribution in [0.5, 0.6) is 0 Å². The van der Waals surface area contributed by atoms with Gasteiger partial charge in [0.2, 0.25) is 0 Å². The molecule has 2 N–H and O–H groups in total.